The topological polar surface area (TPSA) is 9.23 Å². The van der Waals surface area contributed by atoms with Gasteiger partial charge in [0.1, 0.15) is 0 Å². The summed E-state index contributed by atoms with van der Waals surface area (Å²) in [6.07, 6.45) is 0. The molecule has 0 radical (unpaired) electrons. The van der Waals surface area contributed by atoms with Crippen LogP contribution in [0, 0.1) is 6.61 Å². The predicted octanol–water partition coefficient (Wildman–Crippen LogP) is -2.18. The van der Waals surface area contributed by atoms with Crippen molar-refractivity contribution in [1.29, 1.82) is 0 Å². The normalized spacial score (nSPS) is 6.00. The second kappa shape index (κ2) is 8.82. The Balaban J connectivity index is 0. The van der Waals surface area contributed by atoms with Gasteiger partial charge in [0.25, 0.3) is 0 Å². The Kier molecular flexibility index (Phi) is 16.1. The number of hydrogen-bond acceptors (Lipinski definition) is 1. The predicted molar refractivity (Wildman–Crippen MR) is 17.0 cm³/mol. The van der Waals surface area contributed by atoms with E-state index in [0.717, 1.165) is 0 Å². The van der Waals surface area contributed by atoms with Crippen molar-refractivity contribution in [3.8, 4) is 0 Å². The van der Waals surface area contributed by atoms with E-state index in [9.17, 15) is 0 Å². The molecule has 5 heavy (non-hydrogen) atoms. The zero-order valence-electron chi connectivity index (χ0n) is 3.99. The van der Waals surface area contributed by atoms with Gasteiger partial charge in [-0.1, -0.05) is 0 Å². The zero-order valence-corrected chi connectivity index (χ0v) is 3.99. The minimum Gasteiger partial charge on any atom is -0.555 e. The van der Waals surface area contributed by atoms with Crippen LogP contribution in [0.3, 0.4) is 0 Å². The second-order valence-corrected chi connectivity index (χ2v) is 0.471. The number of hydrogen-bond donors (Lipinski definition) is 0. The minimum absolute atomic E-state index is 0. The number of rotatable bonds is 1. The van der Waals surface area contributed by atoms with Gasteiger partial charge >= 0.3 is 18.9 Å². The quantitative estimate of drug-likeness (QED) is 0.250. The van der Waals surface area contributed by atoms with Crippen molar-refractivity contribution in [2.45, 2.75) is 6.92 Å². The summed E-state index contributed by atoms with van der Waals surface area (Å²) in [4.78, 5) is 0. The molecule has 0 aliphatic rings. The van der Waals surface area contributed by atoms with Crippen LogP contribution < -0.4 is 18.9 Å². The molecule has 0 aromatic rings. The maximum absolute atomic E-state index is 4.42. The molecule has 0 atom stereocenters. The van der Waals surface area contributed by atoms with Crippen molar-refractivity contribution in [3.05, 3.63) is 6.61 Å². The molecule has 0 saturated heterocycles. The van der Waals surface area contributed by atoms with Gasteiger partial charge in [-0.3, -0.25) is 0 Å². The molecule has 1 nitrogen and oxygen atoms in total. The van der Waals surface area contributed by atoms with Gasteiger partial charge in [-0.05, 0) is 7.11 Å². The van der Waals surface area contributed by atoms with E-state index in [0.29, 0.717) is 0 Å². The first kappa shape index (κ1) is 9.12. The van der Waals surface area contributed by atoms with Crippen LogP contribution in [0.4, 0.5) is 0 Å². The summed E-state index contributed by atoms with van der Waals surface area (Å²) in [6.45, 7) is 3.46. The van der Waals surface area contributed by atoms with Crippen molar-refractivity contribution in [1.82, 2.24) is 0 Å². The van der Waals surface area contributed by atoms with E-state index < -0.39 is 0 Å². The van der Waals surface area contributed by atoms with Crippen molar-refractivity contribution in [2.24, 2.45) is 0 Å². The van der Waals surface area contributed by atoms with Crippen LogP contribution in [0.15, 0.2) is 0 Å². The van der Waals surface area contributed by atoms with Gasteiger partial charge in [-0.2, -0.15) is 6.92 Å². The van der Waals surface area contributed by atoms with Gasteiger partial charge < -0.3 is 4.74 Å². The number of ether oxygens (including phenoxy) is 1. The summed E-state index contributed by atoms with van der Waals surface area (Å²) in [7, 11) is 1.62. The van der Waals surface area contributed by atoms with E-state index in [1.54, 1.807) is 13.7 Å². The second-order valence-electron chi connectivity index (χ2n) is 0.471. The molecule has 0 heterocycles. The van der Waals surface area contributed by atoms with Gasteiger partial charge in [0.15, 0.2) is 0 Å². The van der Waals surface area contributed by atoms with E-state index in [4.69, 9.17) is 0 Å². The first-order valence-corrected chi connectivity index (χ1v) is 1.22. The van der Waals surface area contributed by atoms with Gasteiger partial charge in [0, 0.05) is 0 Å². The Bertz CT molecular complexity index is 8.85. The van der Waals surface area contributed by atoms with Crippen LogP contribution in [0.2, 0.25) is 0 Å². The Morgan fingerprint density at radius 3 is 1.80 bits per heavy atom. The van der Waals surface area contributed by atoms with Crippen molar-refractivity contribution < 1.29 is 23.6 Å². The molecule has 0 aliphatic heterocycles. The van der Waals surface area contributed by atoms with E-state index in [-0.39, 0.29) is 18.9 Å². The van der Waals surface area contributed by atoms with Gasteiger partial charge in [-0.15, -0.1) is 0 Å². The summed E-state index contributed by atoms with van der Waals surface area (Å²) >= 11 is 0. The Labute approximate surface area is 44.9 Å². The number of methoxy groups -OCH3 is 1. The van der Waals surface area contributed by atoms with E-state index in [2.05, 4.69) is 4.74 Å². The monoisotopic (exact) mass is 66.1 g/mol. The van der Waals surface area contributed by atoms with Gasteiger partial charge in [0.2, 0.25) is 0 Å². The van der Waals surface area contributed by atoms with Crippen LogP contribution in [-0.4, -0.2) is 7.11 Å². The third kappa shape index (κ3) is 12.3. The van der Waals surface area contributed by atoms with E-state index in [1.165, 1.54) is 0 Å². The smallest absolute Gasteiger partial charge is 0.555 e. The van der Waals surface area contributed by atoms with E-state index >= 15 is 0 Å². The standard InChI is InChI=1S/C3H7O.Li/c1-3-4-2;/h3H,1-2H3;/q-1;+1. The van der Waals surface area contributed by atoms with Gasteiger partial charge in [-0.25, -0.2) is 6.61 Å². The van der Waals surface area contributed by atoms with E-state index in [1.807, 2.05) is 6.92 Å². The molecule has 0 N–H and O–H groups in total. The Hall–Kier alpha value is 0.557. The molecule has 0 unspecified atom stereocenters. The molecule has 0 fully saturated rings. The minimum atomic E-state index is 0. The molecule has 26 valence electrons. The third-order valence-electron chi connectivity index (χ3n) is 0.236. The molecule has 0 aliphatic carbocycles. The molecule has 0 amide bonds. The van der Waals surface area contributed by atoms with Crippen LogP contribution in [-0.2, 0) is 4.74 Å². The fourth-order valence-electron chi connectivity index (χ4n) is 0. The maximum atomic E-state index is 4.42. The summed E-state index contributed by atoms with van der Waals surface area (Å²) in [5.41, 5.74) is 0. The molecule has 0 spiro atoms. The molecule has 0 saturated carbocycles. The summed E-state index contributed by atoms with van der Waals surface area (Å²) in [5.74, 6) is 0. The zero-order chi connectivity index (χ0) is 3.41. The summed E-state index contributed by atoms with van der Waals surface area (Å²) < 4.78 is 4.42. The molecular formula is C3H7LiO. The largest absolute Gasteiger partial charge is 1.00 e. The first-order chi connectivity index (χ1) is 1.91. The summed E-state index contributed by atoms with van der Waals surface area (Å²) in [6, 6.07) is 0. The third-order valence-corrected chi connectivity index (χ3v) is 0.236. The van der Waals surface area contributed by atoms with Crippen molar-refractivity contribution in [3.63, 3.8) is 0 Å². The molecular weight excluding hydrogens is 59.0 g/mol. The molecule has 0 aromatic carbocycles. The fourth-order valence-corrected chi connectivity index (χ4v) is 0. The summed E-state index contributed by atoms with van der Waals surface area (Å²) in [5, 5.41) is 0. The van der Waals surface area contributed by atoms with Crippen molar-refractivity contribution in [2.75, 3.05) is 7.11 Å². The molecule has 0 aromatic heterocycles. The van der Waals surface area contributed by atoms with Gasteiger partial charge in [0.05, 0.1) is 0 Å². The SMILES string of the molecule is C[CH-]OC.[Li+]. The molecule has 2 heteroatoms. The van der Waals surface area contributed by atoms with Crippen LogP contribution in [0.25, 0.3) is 0 Å². The van der Waals surface area contributed by atoms with Crippen LogP contribution in [0.5, 0.6) is 0 Å². The Morgan fingerprint density at radius 1 is 1.60 bits per heavy atom. The van der Waals surface area contributed by atoms with Crippen LogP contribution in [0.1, 0.15) is 6.92 Å². The Morgan fingerprint density at radius 2 is 1.80 bits per heavy atom. The maximum Gasteiger partial charge on any atom is 1.00 e. The molecule has 0 bridgehead atoms. The van der Waals surface area contributed by atoms with Crippen molar-refractivity contribution >= 4 is 0 Å². The average molecular weight is 66.0 g/mol. The molecule has 0 rings (SSSR count). The fraction of sp³-hybridized carbons (Fsp3) is 0.667. The average Bonchev–Trinajstić information content (AvgIpc) is 1.37. The first-order valence-electron chi connectivity index (χ1n) is 1.22. The van der Waals surface area contributed by atoms with Crippen LogP contribution >= 0.6 is 0 Å².